The summed E-state index contributed by atoms with van der Waals surface area (Å²) in [5.41, 5.74) is 1.19. The zero-order valence-electron chi connectivity index (χ0n) is 14.2. The average molecular weight is 326 g/mol. The van der Waals surface area contributed by atoms with Gasteiger partial charge in [0.25, 0.3) is 0 Å². The molecular weight excluding hydrogens is 304 g/mol. The van der Waals surface area contributed by atoms with Crippen LogP contribution in [0.3, 0.4) is 0 Å². The van der Waals surface area contributed by atoms with Crippen molar-refractivity contribution in [1.82, 2.24) is 0 Å². The first-order chi connectivity index (χ1) is 11.6. The lowest BCUT2D eigenvalue weighted by atomic mass is 10.2. The van der Waals surface area contributed by atoms with Crippen LogP contribution in [-0.2, 0) is 9.53 Å². The highest BCUT2D eigenvalue weighted by Crippen LogP contribution is 2.24. The molecule has 0 aliphatic carbocycles. The molecule has 2 aromatic carbocycles. The van der Waals surface area contributed by atoms with E-state index >= 15 is 0 Å². The molecule has 126 valence electrons. The summed E-state index contributed by atoms with van der Waals surface area (Å²) in [4.78, 5) is 11.3. The standard InChI is InChI=1S/C20H22O4/c1-4-22-20(21)14-7-16(3)23-17-10-12-19(13-11-17)24-18-8-5-15(2)6-9-18/h5-14,16H,4H2,1-3H3/b14-7+. The van der Waals surface area contributed by atoms with Crippen LogP contribution < -0.4 is 9.47 Å². The number of aryl methyl sites for hydroxylation is 1. The third kappa shape index (κ3) is 5.80. The Morgan fingerprint density at radius 1 is 1.00 bits per heavy atom. The molecule has 4 nitrogen and oxygen atoms in total. The summed E-state index contributed by atoms with van der Waals surface area (Å²) < 4.78 is 16.3. The van der Waals surface area contributed by atoms with Crippen LogP contribution in [-0.4, -0.2) is 18.7 Å². The molecule has 0 radical (unpaired) electrons. The van der Waals surface area contributed by atoms with Crippen LogP contribution in [0.1, 0.15) is 19.4 Å². The summed E-state index contributed by atoms with van der Waals surface area (Å²) in [6.07, 6.45) is 2.80. The summed E-state index contributed by atoms with van der Waals surface area (Å²) in [6, 6.07) is 15.2. The fourth-order valence-electron chi connectivity index (χ4n) is 1.99. The summed E-state index contributed by atoms with van der Waals surface area (Å²) in [6.45, 7) is 6.02. The molecule has 0 saturated carbocycles. The average Bonchev–Trinajstić information content (AvgIpc) is 2.57. The van der Waals surface area contributed by atoms with Crippen molar-refractivity contribution in [2.75, 3.05) is 6.61 Å². The maximum atomic E-state index is 11.3. The third-order valence-corrected chi connectivity index (χ3v) is 3.19. The molecule has 0 fully saturated rings. The van der Waals surface area contributed by atoms with E-state index in [0.717, 1.165) is 11.5 Å². The molecule has 1 unspecified atom stereocenters. The van der Waals surface area contributed by atoms with E-state index in [-0.39, 0.29) is 12.1 Å². The Bertz CT molecular complexity index is 672. The lowest BCUT2D eigenvalue weighted by Gasteiger charge is -2.12. The van der Waals surface area contributed by atoms with Gasteiger partial charge in [-0.25, -0.2) is 4.79 Å². The number of carbonyl (C=O) groups is 1. The van der Waals surface area contributed by atoms with E-state index in [2.05, 4.69) is 0 Å². The van der Waals surface area contributed by atoms with Gasteiger partial charge in [0.15, 0.2) is 0 Å². The second kappa shape index (κ2) is 8.77. The summed E-state index contributed by atoms with van der Waals surface area (Å²) in [7, 11) is 0. The van der Waals surface area contributed by atoms with Gasteiger partial charge in [-0.05, 0) is 63.2 Å². The van der Waals surface area contributed by atoms with E-state index in [1.807, 2.05) is 62.4 Å². The number of rotatable bonds is 7. The second-order valence-electron chi connectivity index (χ2n) is 5.32. The van der Waals surface area contributed by atoms with E-state index in [9.17, 15) is 4.79 Å². The van der Waals surface area contributed by atoms with Crippen molar-refractivity contribution < 1.29 is 19.0 Å². The number of esters is 1. The van der Waals surface area contributed by atoms with Crippen LogP contribution in [0, 0.1) is 6.92 Å². The van der Waals surface area contributed by atoms with Crippen LogP contribution in [0.2, 0.25) is 0 Å². The lowest BCUT2D eigenvalue weighted by Crippen LogP contribution is -2.09. The van der Waals surface area contributed by atoms with Gasteiger partial charge in [0.2, 0.25) is 0 Å². The molecule has 0 aliphatic rings. The van der Waals surface area contributed by atoms with Gasteiger partial charge in [0, 0.05) is 6.08 Å². The van der Waals surface area contributed by atoms with Crippen LogP contribution in [0.25, 0.3) is 0 Å². The lowest BCUT2D eigenvalue weighted by molar-refractivity contribution is -0.137. The highest BCUT2D eigenvalue weighted by atomic mass is 16.5. The number of carbonyl (C=O) groups excluding carboxylic acids is 1. The van der Waals surface area contributed by atoms with Crippen LogP contribution in [0.15, 0.2) is 60.7 Å². The molecule has 24 heavy (non-hydrogen) atoms. The van der Waals surface area contributed by atoms with Gasteiger partial charge < -0.3 is 14.2 Å². The summed E-state index contributed by atoms with van der Waals surface area (Å²) >= 11 is 0. The quantitative estimate of drug-likeness (QED) is 0.548. The molecule has 0 saturated heterocycles. The number of hydrogen-bond acceptors (Lipinski definition) is 4. The fourth-order valence-corrected chi connectivity index (χ4v) is 1.99. The van der Waals surface area contributed by atoms with Gasteiger partial charge in [0.05, 0.1) is 6.61 Å². The molecule has 0 amide bonds. The molecule has 0 spiro atoms. The predicted molar refractivity (Wildman–Crippen MR) is 93.6 cm³/mol. The van der Waals surface area contributed by atoms with Gasteiger partial charge in [-0.3, -0.25) is 0 Å². The van der Waals surface area contributed by atoms with E-state index in [1.165, 1.54) is 11.6 Å². The van der Waals surface area contributed by atoms with Crippen LogP contribution in [0.4, 0.5) is 0 Å². The minimum atomic E-state index is -0.366. The minimum absolute atomic E-state index is 0.238. The summed E-state index contributed by atoms with van der Waals surface area (Å²) in [5, 5.41) is 0. The van der Waals surface area contributed by atoms with Crippen molar-refractivity contribution in [1.29, 1.82) is 0 Å². The van der Waals surface area contributed by atoms with Gasteiger partial charge in [-0.1, -0.05) is 17.7 Å². The fraction of sp³-hybridized carbons (Fsp3) is 0.250. The topological polar surface area (TPSA) is 44.8 Å². The monoisotopic (exact) mass is 326 g/mol. The van der Waals surface area contributed by atoms with Crippen molar-refractivity contribution in [3.8, 4) is 17.2 Å². The number of benzene rings is 2. The molecule has 1 atom stereocenters. The smallest absolute Gasteiger partial charge is 0.330 e. The predicted octanol–water partition coefficient (Wildman–Crippen LogP) is 4.67. The Morgan fingerprint density at radius 3 is 2.12 bits per heavy atom. The Kier molecular flexibility index (Phi) is 6.43. The highest BCUT2D eigenvalue weighted by Gasteiger charge is 2.03. The van der Waals surface area contributed by atoms with Crippen molar-refractivity contribution in [2.24, 2.45) is 0 Å². The Labute approximate surface area is 142 Å². The number of hydrogen-bond donors (Lipinski definition) is 0. The SMILES string of the molecule is CCOC(=O)/C=C/C(C)Oc1ccc(Oc2ccc(C)cc2)cc1. The van der Waals surface area contributed by atoms with Crippen LogP contribution in [0.5, 0.6) is 17.2 Å². The molecule has 0 aromatic heterocycles. The Morgan fingerprint density at radius 2 is 1.54 bits per heavy atom. The maximum absolute atomic E-state index is 11.3. The number of ether oxygens (including phenoxy) is 3. The molecule has 2 aromatic rings. The molecule has 4 heteroatoms. The Balaban J connectivity index is 1.89. The first-order valence-electron chi connectivity index (χ1n) is 7.93. The van der Waals surface area contributed by atoms with E-state index in [4.69, 9.17) is 14.2 Å². The van der Waals surface area contributed by atoms with E-state index in [0.29, 0.717) is 12.4 Å². The highest BCUT2D eigenvalue weighted by molar-refractivity contribution is 5.81. The van der Waals surface area contributed by atoms with E-state index < -0.39 is 0 Å². The second-order valence-corrected chi connectivity index (χ2v) is 5.32. The van der Waals surface area contributed by atoms with Gasteiger partial charge in [0.1, 0.15) is 23.4 Å². The molecule has 0 N–H and O–H groups in total. The first kappa shape index (κ1) is 17.6. The molecule has 0 aliphatic heterocycles. The van der Waals surface area contributed by atoms with Gasteiger partial charge in [-0.15, -0.1) is 0 Å². The van der Waals surface area contributed by atoms with Gasteiger partial charge >= 0.3 is 5.97 Å². The molecule has 0 bridgehead atoms. The summed E-state index contributed by atoms with van der Waals surface area (Å²) in [5.74, 6) is 1.86. The molecule has 0 heterocycles. The normalized spacial score (nSPS) is 12.0. The third-order valence-electron chi connectivity index (χ3n) is 3.19. The van der Waals surface area contributed by atoms with Crippen molar-refractivity contribution in [3.05, 3.63) is 66.2 Å². The molecular formula is C20H22O4. The first-order valence-corrected chi connectivity index (χ1v) is 7.93. The molecule has 2 rings (SSSR count). The largest absolute Gasteiger partial charge is 0.487 e. The zero-order valence-corrected chi connectivity index (χ0v) is 14.2. The van der Waals surface area contributed by atoms with Crippen LogP contribution >= 0.6 is 0 Å². The van der Waals surface area contributed by atoms with Gasteiger partial charge in [-0.2, -0.15) is 0 Å². The van der Waals surface area contributed by atoms with Crippen molar-refractivity contribution >= 4 is 5.97 Å². The zero-order chi connectivity index (χ0) is 17.4. The van der Waals surface area contributed by atoms with Crippen molar-refractivity contribution in [3.63, 3.8) is 0 Å². The minimum Gasteiger partial charge on any atom is -0.487 e. The maximum Gasteiger partial charge on any atom is 0.330 e. The van der Waals surface area contributed by atoms with E-state index in [1.54, 1.807) is 13.0 Å². The Hall–Kier alpha value is -2.75. The van der Waals surface area contributed by atoms with Crippen molar-refractivity contribution in [2.45, 2.75) is 26.9 Å².